The van der Waals surface area contributed by atoms with Gasteiger partial charge in [-0.15, -0.1) is 0 Å². The Bertz CT molecular complexity index is 258. The molecule has 0 aliphatic heterocycles. The van der Waals surface area contributed by atoms with Crippen molar-refractivity contribution in [1.29, 1.82) is 0 Å². The van der Waals surface area contributed by atoms with Gasteiger partial charge in [0.2, 0.25) is 5.91 Å². The molecule has 0 radical (unpaired) electrons. The van der Waals surface area contributed by atoms with E-state index in [1.807, 2.05) is 30.3 Å². The number of hydrogen-bond donors (Lipinski definition) is 1. The normalized spacial score (nSPS) is 9.92. The Hall–Kier alpha value is -1.09. The van der Waals surface area contributed by atoms with E-state index in [0.717, 1.165) is 5.56 Å². The van der Waals surface area contributed by atoms with Gasteiger partial charge in [0.1, 0.15) is 8.96 Å². The number of carbonyl (C=O) groups excluding carboxylic acids is 1. The van der Waals surface area contributed by atoms with Crippen LogP contribution in [0, 0.1) is 0 Å². The summed E-state index contributed by atoms with van der Waals surface area (Å²) in [5.41, 5.74) is 0.749. The van der Waals surface area contributed by atoms with Gasteiger partial charge in [-0.3, -0.25) is 4.79 Å². The molecule has 0 saturated carbocycles. The molecule has 0 heterocycles. The number of benzene rings is 1. The Morgan fingerprint density at radius 1 is 1.25 bits per heavy atom. The molecule has 0 spiro atoms. The highest BCUT2D eigenvalue weighted by Gasteiger charge is 2.04. The molecule has 0 saturated heterocycles. The standard InChI is InChI=1S/C9H13NOSi/c1-12(2)10-9(11)8-6-4-3-5-7-8/h3-7,12H,1-2H3,(H,10,11). The molecule has 3 heteroatoms. The molecule has 0 aliphatic rings. The molecule has 1 rings (SSSR count). The number of amides is 1. The number of nitrogens with one attached hydrogen (secondary N) is 1. The largest absolute Gasteiger partial charge is 0.381 e. The lowest BCUT2D eigenvalue weighted by atomic mass is 10.2. The Balaban J connectivity index is 2.66. The van der Waals surface area contributed by atoms with Gasteiger partial charge in [0.05, 0.1) is 0 Å². The van der Waals surface area contributed by atoms with E-state index in [2.05, 4.69) is 18.1 Å². The van der Waals surface area contributed by atoms with E-state index >= 15 is 0 Å². The van der Waals surface area contributed by atoms with Crippen molar-refractivity contribution < 1.29 is 4.79 Å². The fourth-order valence-electron chi connectivity index (χ4n) is 0.935. The second-order valence-corrected chi connectivity index (χ2v) is 5.59. The quantitative estimate of drug-likeness (QED) is 0.683. The van der Waals surface area contributed by atoms with Gasteiger partial charge < -0.3 is 4.98 Å². The van der Waals surface area contributed by atoms with E-state index in [4.69, 9.17) is 0 Å². The summed E-state index contributed by atoms with van der Waals surface area (Å²) in [5, 5.41) is 0. The predicted molar refractivity (Wildman–Crippen MR) is 52.8 cm³/mol. The van der Waals surface area contributed by atoms with Crippen molar-refractivity contribution in [2.24, 2.45) is 0 Å². The van der Waals surface area contributed by atoms with Crippen LogP contribution < -0.4 is 4.98 Å². The maximum Gasteiger partial charge on any atom is 0.243 e. The van der Waals surface area contributed by atoms with E-state index in [0.29, 0.717) is 0 Å². The Morgan fingerprint density at radius 3 is 2.33 bits per heavy atom. The summed E-state index contributed by atoms with van der Waals surface area (Å²) in [4.78, 5) is 14.3. The Kier molecular flexibility index (Phi) is 3.05. The van der Waals surface area contributed by atoms with Crippen molar-refractivity contribution in [2.45, 2.75) is 13.1 Å². The van der Waals surface area contributed by atoms with Gasteiger partial charge in [0.15, 0.2) is 0 Å². The molecule has 1 aromatic carbocycles. The summed E-state index contributed by atoms with van der Waals surface area (Å²) in [6.07, 6.45) is 0. The molecular formula is C9H13NOSi. The number of hydrogen-bond acceptors (Lipinski definition) is 1. The average Bonchev–Trinajstić information content (AvgIpc) is 2.05. The Morgan fingerprint density at radius 2 is 1.83 bits per heavy atom. The van der Waals surface area contributed by atoms with Crippen LogP contribution in [0.2, 0.25) is 13.1 Å². The molecule has 12 heavy (non-hydrogen) atoms. The third-order valence-corrected chi connectivity index (χ3v) is 2.30. The molecule has 1 amide bonds. The molecule has 0 aromatic heterocycles. The molecule has 0 aliphatic carbocycles. The third kappa shape index (κ3) is 2.51. The summed E-state index contributed by atoms with van der Waals surface area (Å²) < 4.78 is 0. The minimum atomic E-state index is -0.998. The minimum Gasteiger partial charge on any atom is -0.381 e. The molecule has 0 fully saturated rings. The zero-order chi connectivity index (χ0) is 8.97. The minimum absolute atomic E-state index is 0.0530. The van der Waals surface area contributed by atoms with Crippen LogP contribution in [0.25, 0.3) is 0 Å². The van der Waals surface area contributed by atoms with E-state index in [1.54, 1.807) is 0 Å². The van der Waals surface area contributed by atoms with E-state index in [-0.39, 0.29) is 5.91 Å². The molecular weight excluding hydrogens is 166 g/mol. The summed E-state index contributed by atoms with van der Waals surface area (Å²) in [6, 6.07) is 9.30. The predicted octanol–water partition coefficient (Wildman–Crippen LogP) is 1.40. The average molecular weight is 179 g/mol. The van der Waals surface area contributed by atoms with E-state index in [9.17, 15) is 4.79 Å². The Labute approximate surface area is 74.3 Å². The highest BCUT2D eigenvalue weighted by Crippen LogP contribution is 1.97. The van der Waals surface area contributed by atoms with Crippen molar-refractivity contribution >= 4 is 14.9 Å². The van der Waals surface area contributed by atoms with Gasteiger partial charge in [-0.1, -0.05) is 31.3 Å². The van der Waals surface area contributed by atoms with Crippen molar-refractivity contribution in [3.63, 3.8) is 0 Å². The first-order chi connectivity index (χ1) is 5.70. The van der Waals surface area contributed by atoms with Crippen molar-refractivity contribution in [3.05, 3.63) is 35.9 Å². The van der Waals surface area contributed by atoms with Gasteiger partial charge in [-0.25, -0.2) is 0 Å². The monoisotopic (exact) mass is 179 g/mol. The van der Waals surface area contributed by atoms with Gasteiger partial charge >= 0.3 is 0 Å². The summed E-state index contributed by atoms with van der Waals surface area (Å²) in [5.74, 6) is 0.0530. The fraction of sp³-hybridized carbons (Fsp3) is 0.222. The van der Waals surface area contributed by atoms with Crippen molar-refractivity contribution in [1.82, 2.24) is 4.98 Å². The zero-order valence-electron chi connectivity index (χ0n) is 7.37. The zero-order valence-corrected chi connectivity index (χ0v) is 8.53. The summed E-state index contributed by atoms with van der Waals surface area (Å²) >= 11 is 0. The molecule has 0 bridgehead atoms. The van der Waals surface area contributed by atoms with Crippen LogP contribution in [-0.2, 0) is 0 Å². The van der Waals surface area contributed by atoms with Gasteiger partial charge in [0.25, 0.3) is 0 Å². The lowest BCUT2D eigenvalue weighted by Gasteiger charge is -2.06. The number of carbonyl (C=O) groups is 1. The van der Waals surface area contributed by atoms with Crippen LogP contribution in [0.4, 0.5) is 0 Å². The topological polar surface area (TPSA) is 29.1 Å². The van der Waals surface area contributed by atoms with Crippen LogP contribution in [-0.4, -0.2) is 14.9 Å². The third-order valence-electron chi connectivity index (χ3n) is 1.46. The number of rotatable bonds is 2. The highest BCUT2D eigenvalue weighted by molar-refractivity contribution is 6.56. The maximum absolute atomic E-state index is 11.4. The van der Waals surface area contributed by atoms with E-state index in [1.165, 1.54) is 0 Å². The van der Waals surface area contributed by atoms with Crippen molar-refractivity contribution in [2.75, 3.05) is 0 Å². The summed E-state index contributed by atoms with van der Waals surface area (Å²) in [7, 11) is -0.998. The fourth-order valence-corrected chi connectivity index (χ4v) is 1.63. The van der Waals surface area contributed by atoms with Crippen molar-refractivity contribution in [3.8, 4) is 0 Å². The first kappa shape index (κ1) is 9.00. The molecule has 0 atom stereocenters. The molecule has 2 nitrogen and oxygen atoms in total. The van der Waals surface area contributed by atoms with Crippen LogP contribution in [0.5, 0.6) is 0 Å². The van der Waals surface area contributed by atoms with Crippen LogP contribution in [0.1, 0.15) is 10.4 Å². The highest BCUT2D eigenvalue weighted by atomic mass is 28.3. The van der Waals surface area contributed by atoms with Gasteiger partial charge in [-0.2, -0.15) is 0 Å². The lowest BCUT2D eigenvalue weighted by molar-refractivity contribution is 0.0979. The maximum atomic E-state index is 11.4. The lowest BCUT2D eigenvalue weighted by Crippen LogP contribution is -2.33. The van der Waals surface area contributed by atoms with Crippen LogP contribution in [0.15, 0.2) is 30.3 Å². The second kappa shape index (κ2) is 4.06. The first-order valence-corrected chi connectivity index (χ1v) is 6.94. The van der Waals surface area contributed by atoms with Crippen LogP contribution >= 0.6 is 0 Å². The molecule has 1 aromatic rings. The summed E-state index contributed by atoms with van der Waals surface area (Å²) in [6.45, 7) is 4.17. The SMILES string of the molecule is C[SiH](C)NC(=O)c1ccccc1. The van der Waals surface area contributed by atoms with E-state index < -0.39 is 8.96 Å². The van der Waals surface area contributed by atoms with Crippen LogP contribution in [0.3, 0.4) is 0 Å². The molecule has 0 unspecified atom stereocenters. The van der Waals surface area contributed by atoms with Gasteiger partial charge in [0, 0.05) is 5.56 Å². The first-order valence-electron chi connectivity index (χ1n) is 4.06. The second-order valence-electron chi connectivity index (χ2n) is 2.99. The molecule has 1 N–H and O–H groups in total. The molecule has 64 valence electrons. The smallest absolute Gasteiger partial charge is 0.243 e. The van der Waals surface area contributed by atoms with Gasteiger partial charge in [-0.05, 0) is 12.1 Å².